The van der Waals surface area contributed by atoms with Crippen molar-refractivity contribution in [2.75, 3.05) is 10.6 Å². The number of hydrogen-bond donors (Lipinski definition) is 2. The molecule has 1 saturated carbocycles. The summed E-state index contributed by atoms with van der Waals surface area (Å²) in [6, 6.07) is 15.8. The highest BCUT2D eigenvalue weighted by molar-refractivity contribution is 7.18. The summed E-state index contributed by atoms with van der Waals surface area (Å²) in [4.78, 5) is 25.3. The van der Waals surface area contributed by atoms with Crippen molar-refractivity contribution in [3.63, 3.8) is 0 Å². The van der Waals surface area contributed by atoms with Gasteiger partial charge in [0.15, 0.2) is 0 Å². The fraction of sp³-hybridized carbons (Fsp3) is 0.250. The number of hydrogen-bond acceptors (Lipinski definition) is 4. The molecular formula is C24H22F2N2O3S. The molecule has 0 atom stereocenters. The van der Waals surface area contributed by atoms with Gasteiger partial charge in [-0.05, 0) is 55.2 Å². The summed E-state index contributed by atoms with van der Waals surface area (Å²) >= 11 is 1.21. The summed E-state index contributed by atoms with van der Waals surface area (Å²) < 4.78 is 30.3. The molecule has 166 valence electrons. The van der Waals surface area contributed by atoms with Gasteiger partial charge in [-0.25, -0.2) is 0 Å². The van der Waals surface area contributed by atoms with Crippen LogP contribution in [0, 0.1) is 12.8 Å². The van der Waals surface area contributed by atoms with Crippen LogP contribution in [0.3, 0.4) is 0 Å². The monoisotopic (exact) mass is 456 g/mol. The summed E-state index contributed by atoms with van der Waals surface area (Å²) in [6.45, 7) is -1.14. The quantitative estimate of drug-likeness (QED) is 0.447. The zero-order valence-electron chi connectivity index (χ0n) is 17.4. The van der Waals surface area contributed by atoms with Gasteiger partial charge < -0.3 is 15.4 Å². The van der Waals surface area contributed by atoms with E-state index in [0.29, 0.717) is 27.5 Å². The first-order valence-electron chi connectivity index (χ1n) is 10.2. The molecule has 1 aromatic heterocycles. The number of halogens is 2. The molecule has 2 aromatic carbocycles. The molecule has 0 spiro atoms. The van der Waals surface area contributed by atoms with Gasteiger partial charge in [0.25, 0.3) is 5.91 Å². The average molecular weight is 457 g/mol. The van der Waals surface area contributed by atoms with E-state index in [1.165, 1.54) is 23.5 Å². The number of anilines is 2. The predicted molar refractivity (Wildman–Crippen MR) is 121 cm³/mol. The van der Waals surface area contributed by atoms with Crippen LogP contribution in [0.2, 0.25) is 0 Å². The van der Waals surface area contributed by atoms with E-state index in [1.807, 2.05) is 30.3 Å². The number of benzene rings is 2. The van der Waals surface area contributed by atoms with Gasteiger partial charge in [0, 0.05) is 23.6 Å². The van der Waals surface area contributed by atoms with Gasteiger partial charge >= 0.3 is 6.61 Å². The Balaban J connectivity index is 1.51. The number of aryl methyl sites for hydroxylation is 1. The molecular weight excluding hydrogens is 434 g/mol. The number of nitrogens with one attached hydrogen (secondary N) is 2. The Bertz CT molecular complexity index is 1130. The van der Waals surface area contributed by atoms with E-state index in [0.717, 1.165) is 24.0 Å². The standard InChI is InChI=1S/C24H22F2N2O3S/c1-14-11-20(28-22(29)16-7-8-16)32-21(14)23(30)27-18-9-10-19(31-24(25)26)17(13-18)12-15-5-3-2-4-6-15/h2-6,9-11,13,16,24H,7-8,12H2,1H3,(H,27,30)(H,28,29). The molecule has 3 aromatic rings. The lowest BCUT2D eigenvalue weighted by Crippen LogP contribution is -2.12. The Morgan fingerprint density at radius 1 is 1.09 bits per heavy atom. The van der Waals surface area contributed by atoms with Crippen LogP contribution in [0.25, 0.3) is 0 Å². The van der Waals surface area contributed by atoms with Crippen LogP contribution in [0.15, 0.2) is 54.6 Å². The highest BCUT2D eigenvalue weighted by Gasteiger charge is 2.30. The van der Waals surface area contributed by atoms with Crippen molar-refractivity contribution in [1.82, 2.24) is 0 Å². The van der Waals surface area contributed by atoms with Crippen LogP contribution in [0.5, 0.6) is 5.75 Å². The van der Waals surface area contributed by atoms with E-state index in [4.69, 9.17) is 0 Å². The zero-order valence-corrected chi connectivity index (χ0v) is 18.2. The van der Waals surface area contributed by atoms with Crippen LogP contribution in [-0.2, 0) is 11.2 Å². The van der Waals surface area contributed by atoms with Gasteiger partial charge in [-0.1, -0.05) is 30.3 Å². The first kappa shape index (κ1) is 22.0. The van der Waals surface area contributed by atoms with Crippen LogP contribution >= 0.6 is 11.3 Å². The SMILES string of the molecule is Cc1cc(NC(=O)C2CC2)sc1C(=O)Nc1ccc(OC(F)F)c(Cc2ccccc2)c1. The number of rotatable bonds is 8. The van der Waals surface area contributed by atoms with E-state index in [2.05, 4.69) is 15.4 Å². The Kier molecular flexibility index (Phi) is 6.50. The van der Waals surface area contributed by atoms with E-state index in [-0.39, 0.29) is 23.5 Å². The second-order valence-electron chi connectivity index (χ2n) is 7.70. The van der Waals surface area contributed by atoms with E-state index in [9.17, 15) is 18.4 Å². The zero-order chi connectivity index (χ0) is 22.7. The fourth-order valence-corrected chi connectivity index (χ4v) is 4.32. The third kappa shape index (κ3) is 5.50. The summed E-state index contributed by atoms with van der Waals surface area (Å²) in [7, 11) is 0. The van der Waals surface area contributed by atoms with Crippen LogP contribution in [0.1, 0.15) is 39.2 Å². The molecule has 0 unspecified atom stereocenters. The molecule has 4 rings (SSSR count). The lowest BCUT2D eigenvalue weighted by molar-refractivity contribution is -0.117. The summed E-state index contributed by atoms with van der Waals surface area (Å²) in [5, 5.41) is 6.32. The van der Waals surface area contributed by atoms with Crippen molar-refractivity contribution < 1.29 is 23.1 Å². The molecule has 2 amide bonds. The molecule has 0 saturated heterocycles. The van der Waals surface area contributed by atoms with Gasteiger partial charge in [-0.2, -0.15) is 8.78 Å². The minimum Gasteiger partial charge on any atom is -0.435 e. The first-order valence-corrected chi connectivity index (χ1v) is 11.0. The Labute approximate surface area is 188 Å². The third-order valence-electron chi connectivity index (χ3n) is 5.09. The van der Waals surface area contributed by atoms with Crippen molar-refractivity contribution >= 4 is 33.8 Å². The van der Waals surface area contributed by atoms with E-state index in [1.54, 1.807) is 19.1 Å². The number of carbonyl (C=O) groups excluding carboxylic acids is 2. The van der Waals surface area contributed by atoms with Gasteiger partial charge in [-0.3, -0.25) is 9.59 Å². The van der Waals surface area contributed by atoms with Gasteiger partial charge in [0.1, 0.15) is 5.75 Å². The maximum atomic E-state index is 12.8. The van der Waals surface area contributed by atoms with Gasteiger partial charge in [-0.15, -0.1) is 11.3 Å². The summed E-state index contributed by atoms with van der Waals surface area (Å²) in [6.07, 6.45) is 2.18. The Morgan fingerprint density at radius 2 is 1.84 bits per heavy atom. The average Bonchev–Trinajstić information content (AvgIpc) is 3.54. The molecule has 32 heavy (non-hydrogen) atoms. The molecule has 8 heteroatoms. The Hall–Kier alpha value is -3.26. The smallest absolute Gasteiger partial charge is 0.387 e. The maximum absolute atomic E-state index is 12.8. The molecule has 1 aliphatic carbocycles. The summed E-state index contributed by atoms with van der Waals surface area (Å²) in [5.41, 5.74) is 2.69. The van der Waals surface area contributed by atoms with Crippen molar-refractivity contribution in [3.8, 4) is 5.75 Å². The molecule has 1 heterocycles. The number of ether oxygens (including phenoxy) is 1. The van der Waals surface area contributed by atoms with Crippen molar-refractivity contribution in [2.24, 2.45) is 5.92 Å². The third-order valence-corrected chi connectivity index (χ3v) is 6.24. The highest BCUT2D eigenvalue weighted by atomic mass is 32.1. The van der Waals surface area contributed by atoms with Crippen LogP contribution in [-0.4, -0.2) is 18.4 Å². The minimum absolute atomic E-state index is 0.0154. The topological polar surface area (TPSA) is 67.4 Å². The fourth-order valence-electron chi connectivity index (χ4n) is 3.35. The molecule has 1 fully saturated rings. The van der Waals surface area contributed by atoms with Crippen molar-refractivity contribution in [1.29, 1.82) is 0 Å². The molecule has 0 bridgehead atoms. The van der Waals surface area contributed by atoms with E-state index >= 15 is 0 Å². The predicted octanol–water partition coefficient (Wildman–Crippen LogP) is 5.85. The van der Waals surface area contributed by atoms with Crippen LogP contribution in [0.4, 0.5) is 19.5 Å². The minimum atomic E-state index is -2.94. The van der Waals surface area contributed by atoms with E-state index < -0.39 is 6.61 Å². The summed E-state index contributed by atoms with van der Waals surface area (Å²) in [5.74, 6) is -0.197. The lowest BCUT2D eigenvalue weighted by atomic mass is 10.0. The number of amides is 2. The Morgan fingerprint density at radius 3 is 2.53 bits per heavy atom. The lowest BCUT2D eigenvalue weighted by Gasteiger charge is -2.13. The molecule has 5 nitrogen and oxygen atoms in total. The van der Waals surface area contributed by atoms with Crippen LogP contribution < -0.4 is 15.4 Å². The van der Waals surface area contributed by atoms with Crippen molar-refractivity contribution in [2.45, 2.75) is 32.8 Å². The number of carbonyl (C=O) groups is 2. The number of thiophene rings is 1. The second kappa shape index (κ2) is 9.48. The van der Waals surface area contributed by atoms with Gasteiger partial charge in [0.2, 0.25) is 5.91 Å². The molecule has 2 N–H and O–H groups in total. The number of alkyl halides is 2. The second-order valence-corrected chi connectivity index (χ2v) is 8.76. The normalized spacial score (nSPS) is 13.1. The largest absolute Gasteiger partial charge is 0.435 e. The molecule has 0 radical (unpaired) electrons. The van der Waals surface area contributed by atoms with Gasteiger partial charge in [0.05, 0.1) is 9.88 Å². The maximum Gasteiger partial charge on any atom is 0.387 e. The molecule has 0 aliphatic heterocycles. The highest BCUT2D eigenvalue weighted by Crippen LogP contribution is 2.33. The first-order chi connectivity index (χ1) is 15.4. The van der Waals surface area contributed by atoms with Crippen molar-refractivity contribution in [3.05, 3.63) is 76.2 Å². The molecule has 1 aliphatic rings.